The minimum absolute atomic E-state index is 0.0290. The highest BCUT2D eigenvalue weighted by Gasteiger charge is 2.41. The fourth-order valence-electron chi connectivity index (χ4n) is 4.30. The van der Waals surface area contributed by atoms with E-state index in [1.807, 2.05) is 24.3 Å². The zero-order valence-electron chi connectivity index (χ0n) is 24.6. The summed E-state index contributed by atoms with van der Waals surface area (Å²) in [7, 11) is -2.01. The molecular weight excluding hydrogens is 615 g/mol. The molecule has 0 saturated carbocycles. The van der Waals surface area contributed by atoms with E-state index >= 15 is 0 Å². The second kappa shape index (κ2) is 15.6. The highest BCUT2D eigenvalue weighted by Crippen LogP contribution is 2.39. The van der Waals surface area contributed by atoms with E-state index in [-0.39, 0.29) is 29.5 Å². The number of rotatable bonds is 11. The number of allylic oxidation sites excluding steroid dienone is 1. The summed E-state index contributed by atoms with van der Waals surface area (Å²) >= 11 is 2.38. The number of hydrogen-bond donors (Lipinski definition) is 0. The lowest BCUT2D eigenvalue weighted by Crippen LogP contribution is -2.49. The maximum atomic E-state index is 7.02. The third-order valence-electron chi connectivity index (χ3n) is 7.67. The van der Waals surface area contributed by atoms with Crippen LogP contribution in [-0.4, -0.2) is 39.3 Å². The van der Waals surface area contributed by atoms with Crippen LogP contribution in [0.5, 0.6) is 0 Å². The normalized spacial score (nSPS) is 24.0. The fourth-order valence-corrected chi connectivity index (χ4v) is 5.91. The monoisotopic (exact) mass is 662 g/mol. The van der Waals surface area contributed by atoms with Gasteiger partial charge in [-0.15, -0.1) is 0 Å². The van der Waals surface area contributed by atoms with Gasteiger partial charge in [-0.05, 0) is 81.6 Å². The average Bonchev–Trinajstić information content (AvgIpc) is 2.96. The van der Waals surface area contributed by atoms with Crippen molar-refractivity contribution in [3.8, 4) is 0 Å². The summed E-state index contributed by atoms with van der Waals surface area (Å²) in [5.74, 6) is 0. The smallest absolute Gasteiger partial charge is 0.192 e. The van der Waals surface area contributed by atoms with Crippen molar-refractivity contribution in [1.82, 2.24) is 0 Å². The molecule has 3 rings (SSSR count). The van der Waals surface area contributed by atoms with E-state index in [0.717, 1.165) is 30.4 Å². The Kier molecular flexibility index (Phi) is 12.9. The summed E-state index contributed by atoms with van der Waals surface area (Å²) in [5.41, 5.74) is 2.31. The number of halogens is 1. The third kappa shape index (κ3) is 10.9. The van der Waals surface area contributed by atoms with E-state index in [2.05, 4.69) is 118 Å². The van der Waals surface area contributed by atoms with Crippen molar-refractivity contribution in [2.24, 2.45) is 0 Å². The molecule has 0 N–H and O–H groups in total. The van der Waals surface area contributed by atoms with Crippen LogP contribution in [0, 0.1) is 0 Å². The number of hydrogen-bond acceptors (Lipinski definition) is 4. The van der Waals surface area contributed by atoms with Gasteiger partial charge in [0.15, 0.2) is 8.32 Å². The van der Waals surface area contributed by atoms with Crippen LogP contribution in [0.1, 0.15) is 58.1 Å². The van der Waals surface area contributed by atoms with E-state index < -0.39 is 8.32 Å². The molecule has 1 aliphatic rings. The van der Waals surface area contributed by atoms with Gasteiger partial charge in [0.2, 0.25) is 0 Å². The molecule has 4 nitrogen and oxygen atoms in total. The van der Waals surface area contributed by atoms with E-state index in [1.54, 1.807) is 0 Å². The summed E-state index contributed by atoms with van der Waals surface area (Å²) in [6, 6.07) is 20.6. The van der Waals surface area contributed by atoms with E-state index in [1.165, 1.54) is 3.58 Å². The van der Waals surface area contributed by atoms with Crippen LogP contribution in [0.4, 0.5) is 0 Å². The van der Waals surface area contributed by atoms with Crippen molar-refractivity contribution in [2.75, 3.05) is 6.61 Å². The Hall–Kier alpha value is -1.29. The topological polar surface area (TPSA) is 36.9 Å². The van der Waals surface area contributed by atoms with Crippen LogP contribution in [-0.2, 0) is 31.9 Å². The Morgan fingerprint density at radius 2 is 1.46 bits per heavy atom. The molecule has 0 radical (unpaired) electrons. The molecule has 1 aliphatic heterocycles. The molecule has 6 heteroatoms. The lowest BCUT2D eigenvalue weighted by Gasteiger charge is -2.42. The lowest BCUT2D eigenvalue weighted by atomic mass is 10.1. The van der Waals surface area contributed by atoms with Crippen LogP contribution in [0.3, 0.4) is 0 Å². The Morgan fingerprint density at radius 3 is 2.03 bits per heavy atom. The quantitative estimate of drug-likeness (QED) is 0.137. The minimum atomic E-state index is -2.01. The summed E-state index contributed by atoms with van der Waals surface area (Å²) in [6.07, 6.45) is 8.68. The Morgan fingerprint density at radius 1 is 0.897 bits per heavy atom. The molecule has 1 heterocycles. The van der Waals surface area contributed by atoms with Gasteiger partial charge in [0.05, 0.1) is 38.1 Å². The van der Waals surface area contributed by atoms with Gasteiger partial charge >= 0.3 is 0 Å². The lowest BCUT2D eigenvalue weighted by molar-refractivity contribution is -0.151. The molecule has 0 unspecified atom stereocenters. The Bertz CT molecular complexity index is 1030. The standard InChI is InChI=1S/C33H47IO4Si/c1-26(34)21-22-30-31(38-39(5,6)33(2,3)4)20-14-13-19-29(36-24-28-17-11-8-12-18-28)32(37-30)25-35-23-27-15-9-7-10-16-27/h7-18,21,29-32H,19-20,22-25H2,1-6H3/b14-13-,26-21+/t29-,30-,31+,32+/m1/s1. The molecule has 0 fully saturated rings. The first-order valence-electron chi connectivity index (χ1n) is 14.1. The SMILES string of the molecule is C/C(I)=C\C[C@H]1O[C@@H](COCc2ccccc2)[C@H](OCc2ccccc2)C/C=C\C[C@@H]1O[Si](C)(C)C(C)(C)C. The molecule has 0 aliphatic carbocycles. The molecule has 0 amide bonds. The van der Waals surface area contributed by atoms with E-state index in [0.29, 0.717) is 19.8 Å². The van der Waals surface area contributed by atoms with E-state index in [9.17, 15) is 0 Å². The maximum absolute atomic E-state index is 7.02. The molecule has 214 valence electrons. The second-order valence-electron chi connectivity index (χ2n) is 11.9. The Labute approximate surface area is 251 Å². The molecular formula is C33H47IO4Si. The second-order valence-corrected chi connectivity index (χ2v) is 18.4. The summed E-state index contributed by atoms with van der Waals surface area (Å²) in [4.78, 5) is 0. The van der Waals surface area contributed by atoms with Crippen LogP contribution in [0.15, 0.2) is 82.5 Å². The van der Waals surface area contributed by atoms with Gasteiger partial charge in [0, 0.05) is 0 Å². The number of benzene rings is 2. The van der Waals surface area contributed by atoms with Crippen LogP contribution >= 0.6 is 22.6 Å². The molecule has 0 spiro atoms. The highest BCUT2D eigenvalue weighted by atomic mass is 127. The predicted octanol–water partition coefficient (Wildman–Crippen LogP) is 9.01. The summed E-state index contributed by atoms with van der Waals surface area (Å²) in [5, 5.41) is 0.119. The van der Waals surface area contributed by atoms with E-state index in [4.69, 9.17) is 18.6 Å². The summed E-state index contributed by atoms with van der Waals surface area (Å²) in [6.45, 7) is 15.2. The van der Waals surface area contributed by atoms with Gasteiger partial charge in [0.1, 0.15) is 6.10 Å². The molecule has 0 bridgehead atoms. The largest absolute Gasteiger partial charge is 0.411 e. The molecule has 0 aromatic heterocycles. The van der Waals surface area contributed by atoms with Crippen LogP contribution < -0.4 is 0 Å². The van der Waals surface area contributed by atoms with Gasteiger partial charge in [-0.2, -0.15) is 0 Å². The van der Waals surface area contributed by atoms with Crippen molar-refractivity contribution in [3.05, 3.63) is 93.6 Å². The first kappa shape index (κ1) is 32.2. The van der Waals surface area contributed by atoms with Crippen LogP contribution in [0.2, 0.25) is 18.1 Å². The zero-order valence-corrected chi connectivity index (χ0v) is 27.7. The van der Waals surface area contributed by atoms with Crippen molar-refractivity contribution in [1.29, 1.82) is 0 Å². The van der Waals surface area contributed by atoms with Crippen molar-refractivity contribution < 1.29 is 18.6 Å². The first-order valence-corrected chi connectivity index (χ1v) is 18.1. The summed E-state index contributed by atoms with van der Waals surface area (Å²) < 4.78 is 28.1. The van der Waals surface area contributed by atoms with Gasteiger partial charge in [0.25, 0.3) is 0 Å². The van der Waals surface area contributed by atoms with Crippen LogP contribution in [0.25, 0.3) is 0 Å². The number of ether oxygens (including phenoxy) is 3. The van der Waals surface area contributed by atoms with Crippen molar-refractivity contribution in [3.63, 3.8) is 0 Å². The third-order valence-corrected chi connectivity index (χ3v) is 12.6. The van der Waals surface area contributed by atoms with Gasteiger partial charge in [-0.3, -0.25) is 0 Å². The molecule has 4 atom stereocenters. The molecule has 2 aromatic carbocycles. The van der Waals surface area contributed by atoms with Gasteiger partial charge < -0.3 is 18.6 Å². The molecule has 39 heavy (non-hydrogen) atoms. The fraction of sp³-hybridized carbons (Fsp3) is 0.515. The zero-order chi connectivity index (χ0) is 28.3. The predicted molar refractivity (Wildman–Crippen MR) is 173 cm³/mol. The highest BCUT2D eigenvalue weighted by molar-refractivity contribution is 14.1. The average molecular weight is 663 g/mol. The first-order chi connectivity index (χ1) is 18.5. The van der Waals surface area contributed by atoms with Crippen molar-refractivity contribution >= 4 is 30.9 Å². The van der Waals surface area contributed by atoms with Gasteiger partial charge in [-0.1, -0.05) is 99.7 Å². The molecule has 2 aromatic rings. The minimum Gasteiger partial charge on any atom is -0.411 e. The Balaban J connectivity index is 1.85. The van der Waals surface area contributed by atoms with Crippen molar-refractivity contribution in [2.45, 2.75) is 103 Å². The molecule has 0 saturated heterocycles. The maximum Gasteiger partial charge on any atom is 0.192 e. The van der Waals surface area contributed by atoms with Gasteiger partial charge in [-0.25, -0.2) is 0 Å².